The van der Waals surface area contributed by atoms with E-state index in [1.165, 1.54) is 12.3 Å². The van der Waals surface area contributed by atoms with Gasteiger partial charge in [0, 0.05) is 30.2 Å². The number of aromatic nitrogens is 3. The van der Waals surface area contributed by atoms with E-state index >= 15 is 0 Å². The second-order valence-electron chi connectivity index (χ2n) is 3.23. The second kappa shape index (κ2) is 4.00. The minimum Gasteiger partial charge on any atom is -0.329 e. The lowest BCUT2D eigenvalue weighted by molar-refractivity contribution is -0.144. The summed E-state index contributed by atoms with van der Waals surface area (Å²) in [6.07, 6.45) is -1.10. The first-order valence-electron chi connectivity index (χ1n) is 4.55. The lowest BCUT2D eigenvalue weighted by atomic mass is 10.1. The minimum absolute atomic E-state index is 0.345. The van der Waals surface area contributed by atoms with Crippen LogP contribution in [-0.2, 0) is 6.18 Å². The van der Waals surface area contributed by atoms with Gasteiger partial charge in [0.1, 0.15) is 0 Å². The van der Waals surface area contributed by atoms with E-state index in [9.17, 15) is 18.0 Å². The van der Waals surface area contributed by atoms with Crippen molar-refractivity contribution in [3.8, 4) is 11.1 Å². The van der Waals surface area contributed by atoms with Crippen LogP contribution in [-0.4, -0.2) is 15.0 Å². The number of nitrogens with one attached hydrogen (secondary N) is 1. The summed E-state index contributed by atoms with van der Waals surface area (Å²) in [5, 5.41) is 0. The zero-order valence-electron chi connectivity index (χ0n) is 8.32. The van der Waals surface area contributed by atoms with E-state index in [-0.39, 0.29) is 5.56 Å². The first kappa shape index (κ1) is 11.3. The fourth-order valence-electron chi connectivity index (χ4n) is 1.25. The number of rotatable bonds is 1. The predicted octanol–water partition coefficient (Wildman–Crippen LogP) is 1.85. The molecule has 1 N–H and O–H groups in total. The fourth-order valence-corrected chi connectivity index (χ4v) is 1.25. The molecule has 0 aliphatic heterocycles. The third-order valence-corrected chi connectivity index (χ3v) is 2.01. The Bertz CT molecular complexity index is 574. The van der Waals surface area contributed by atoms with Crippen LogP contribution < -0.4 is 5.56 Å². The zero-order valence-corrected chi connectivity index (χ0v) is 8.32. The highest BCUT2D eigenvalue weighted by Crippen LogP contribution is 2.26. The highest BCUT2D eigenvalue weighted by atomic mass is 19.4. The van der Waals surface area contributed by atoms with Gasteiger partial charge in [-0.25, -0.2) is 9.97 Å². The van der Waals surface area contributed by atoms with E-state index in [1.807, 2.05) is 0 Å². The van der Waals surface area contributed by atoms with Crippen molar-refractivity contribution in [1.82, 2.24) is 15.0 Å². The van der Waals surface area contributed by atoms with Crippen LogP contribution in [0.5, 0.6) is 0 Å². The number of H-pyrrole nitrogens is 1. The molecule has 88 valence electrons. The van der Waals surface area contributed by atoms with Crippen LogP contribution in [0.4, 0.5) is 13.2 Å². The summed E-state index contributed by atoms with van der Waals surface area (Å²) in [5.74, 6) is -1.20. The summed E-state index contributed by atoms with van der Waals surface area (Å²) in [6.45, 7) is 0. The van der Waals surface area contributed by atoms with Crippen LogP contribution in [0.15, 0.2) is 35.5 Å². The summed E-state index contributed by atoms with van der Waals surface area (Å²) < 4.78 is 36.6. The topological polar surface area (TPSA) is 58.6 Å². The van der Waals surface area contributed by atoms with Crippen LogP contribution in [0, 0.1) is 0 Å². The largest absolute Gasteiger partial charge is 0.451 e. The number of alkyl halides is 3. The van der Waals surface area contributed by atoms with Gasteiger partial charge in [-0.1, -0.05) is 0 Å². The molecular weight excluding hydrogens is 235 g/mol. The Kier molecular flexibility index (Phi) is 2.66. The van der Waals surface area contributed by atoms with Crippen LogP contribution in [0.3, 0.4) is 0 Å². The predicted molar refractivity (Wildman–Crippen MR) is 53.1 cm³/mol. The van der Waals surface area contributed by atoms with Crippen molar-refractivity contribution in [2.45, 2.75) is 6.18 Å². The molecule has 2 aromatic heterocycles. The van der Waals surface area contributed by atoms with Gasteiger partial charge in [-0.2, -0.15) is 13.2 Å². The van der Waals surface area contributed by atoms with Gasteiger partial charge in [-0.3, -0.25) is 4.79 Å². The Hall–Kier alpha value is -2.18. The molecule has 2 aromatic rings. The van der Waals surface area contributed by atoms with Gasteiger partial charge in [0.2, 0.25) is 11.4 Å². The standard InChI is InChI=1S/C10H6F3N3O/c11-10(12,13)9-15-4-7(5-16-9)6-1-2-14-8(17)3-6/h1-5H,(H,14,17). The van der Waals surface area contributed by atoms with Crippen LogP contribution >= 0.6 is 0 Å². The fraction of sp³-hybridized carbons (Fsp3) is 0.100. The van der Waals surface area contributed by atoms with Gasteiger partial charge in [0.05, 0.1) is 0 Å². The van der Waals surface area contributed by atoms with Gasteiger partial charge in [-0.15, -0.1) is 0 Å². The Morgan fingerprint density at radius 1 is 1.12 bits per heavy atom. The molecule has 0 unspecified atom stereocenters. The SMILES string of the molecule is O=c1cc(-c2cnc(C(F)(F)F)nc2)cc[nH]1. The average molecular weight is 241 g/mol. The molecule has 0 aliphatic rings. The highest BCUT2D eigenvalue weighted by molar-refractivity contribution is 5.60. The maximum Gasteiger partial charge on any atom is 0.451 e. The molecule has 0 aliphatic carbocycles. The molecular formula is C10H6F3N3O. The van der Waals surface area contributed by atoms with Crippen molar-refractivity contribution >= 4 is 0 Å². The number of halogens is 3. The summed E-state index contributed by atoms with van der Waals surface area (Å²) >= 11 is 0. The molecule has 0 bridgehead atoms. The van der Waals surface area contributed by atoms with Gasteiger partial charge in [0.15, 0.2) is 0 Å². The molecule has 0 saturated carbocycles. The van der Waals surface area contributed by atoms with Crippen molar-refractivity contribution in [1.29, 1.82) is 0 Å². The van der Waals surface area contributed by atoms with Crippen molar-refractivity contribution in [3.05, 3.63) is 46.9 Å². The van der Waals surface area contributed by atoms with Crippen molar-refractivity contribution in [2.75, 3.05) is 0 Å². The van der Waals surface area contributed by atoms with Crippen molar-refractivity contribution in [2.24, 2.45) is 0 Å². The number of nitrogens with zero attached hydrogens (tertiary/aromatic N) is 2. The van der Waals surface area contributed by atoms with Crippen molar-refractivity contribution in [3.63, 3.8) is 0 Å². The van der Waals surface area contributed by atoms with Crippen molar-refractivity contribution < 1.29 is 13.2 Å². The second-order valence-corrected chi connectivity index (χ2v) is 3.23. The van der Waals surface area contributed by atoms with E-state index in [1.54, 1.807) is 6.07 Å². The van der Waals surface area contributed by atoms with Gasteiger partial charge in [-0.05, 0) is 11.6 Å². The molecule has 4 nitrogen and oxygen atoms in total. The van der Waals surface area contributed by atoms with Crippen LogP contribution in [0.2, 0.25) is 0 Å². The van der Waals surface area contributed by atoms with Gasteiger partial charge < -0.3 is 4.98 Å². The van der Waals surface area contributed by atoms with E-state index < -0.39 is 12.0 Å². The number of pyridine rings is 1. The Morgan fingerprint density at radius 2 is 1.76 bits per heavy atom. The summed E-state index contributed by atoms with van der Waals surface area (Å²) in [4.78, 5) is 19.8. The average Bonchev–Trinajstić information content (AvgIpc) is 2.28. The minimum atomic E-state index is -4.56. The molecule has 0 atom stereocenters. The number of hydrogen-bond donors (Lipinski definition) is 1. The monoisotopic (exact) mass is 241 g/mol. The third kappa shape index (κ3) is 2.49. The Balaban J connectivity index is 2.39. The van der Waals surface area contributed by atoms with E-state index in [0.717, 1.165) is 12.4 Å². The smallest absolute Gasteiger partial charge is 0.329 e. The Morgan fingerprint density at radius 3 is 2.29 bits per heavy atom. The maximum atomic E-state index is 12.2. The molecule has 0 aromatic carbocycles. The lowest BCUT2D eigenvalue weighted by Gasteiger charge is -2.05. The van der Waals surface area contributed by atoms with E-state index in [4.69, 9.17) is 0 Å². The van der Waals surface area contributed by atoms with Gasteiger partial charge >= 0.3 is 6.18 Å². The Labute approximate surface area is 93.2 Å². The molecule has 17 heavy (non-hydrogen) atoms. The van der Waals surface area contributed by atoms with Crippen LogP contribution in [0.25, 0.3) is 11.1 Å². The lowest BCUT2D eigenvalue weighted by Crippen LogP contribution is -2.10. The summed E-state index contributed by atoms with van der Waals surface area (Å²) in [7, 11) is 0. The molecule has 7 heteroatoms. The molecule has 0 amide bonds. The highest BCUT2D eigenvalue weighted by Gasteiger charge is 2.34. The van der Waals surface area contributed by atoms with Crippen LogP contribution in [0.1, 0.15) is 5.82 Å². The van der Waals surface area contributed by atoms with Gasteiger partial charge in [0.25, 0.3) is 0 Å². The summed E-state index contributed by atoms with van der Waals surface area (Å²) in [6, 6.07) is 2.80. The third-order valence-electron chi connectivity index (χ3n) is 2.01. The van der Waals surface area contributed by atoms with E-state index in [2.05, 4.69) is 15.0 Å². The molecule has 0 radical (unpaired) electrons. The summed E-state index contributed by atoms with van der Waals surface area (Å²) in [5.41, 5.74) is 0.467. The number of hydrogen-bond acceptors (Lipinski definition) is 3. The zero-order chi connectivity index (χ0) is 12.5. The molecule has 2 heterocycles. The molecule has 2 rings (SSSR count). The molecule has 0 saturated heterocycles. The number of aromatic amines is 1. The first-order chi connectivity index (χ1) is 7.97. The molecule has 0 spiro atoms. The maximum absolute atomic E-state index is 12.2. The van der Waals surface area contributed by atoms with E-state index in [0.29, 0.717) is 11.1 Å². The molecule has 0 fully saturated rings. The normalized spacial score (nSPS) is 11.5. The first-order valence-corrected chi connectivity index (χ1v) is 4.55. The quantitative estimate of drug-likeness (QED) is 0.828.